The van der Waals surface area contributed by atoms with Crippen molar-refractivity contribution in [1.82, 2.24) is 15.3 Å². The maximum Gasteiger partial charge on any atom is 0.331 e. The number of nitrogens with one attached hydrogen (secondary N) is 1. The van der Waals surface area contributed by atoms with Crippen molar-refractivity contribution in [3.8, 4) is 0 Å². The summed E-state index contributed by atoms with van der Waals surface area (Å²) in [6.07, 6.45) is 2.30. The lowest BCUT2D eigenvalue weighted by molar-refractivity contribution is -0.188. The minimum atomic E-state index is -0.903. The number of carbonyl (C=O) groups excluding carboxylic acids is 4. The third-order valence-corrected chi connectivity index (χ3v) is 7.02. The van der Waals surface area contributed by atoms with E-state index in [2.05, 4.69) is 5.32 Å². The lowest BCUT2D eigenvalue weighted by Gasteiger charge is -2.43. The van der Waals surface area contributed by atoms with Gasteiger partial charge in [-0.3, -0.25) is 24.7 Å². The molecule has 3 atom stereocenters. The molecule has 2 aliphatic rings. The predicted octanol–water partition coefficient (Wildman–Crippen LogP) is 3.56. The molecule has 0 unspecified atom stereocenters. The molecule has 2 amide bonds. The quantitative estimate of drug-likeness (QED) is 0.477. The zero-order chi connectivity index (χ0) is 28.7. The van der Waals surface area contributed by atoms with E-state index in [-0.39, 0.29) is 25.4 Å². The van der Waals surface area contributed by atoms with Crippen molar-refractivity contribution < 1.29 is 28.7 Å². The van der Waals surface area contributed by atoms with Crippen LogP contribution in [0.25, 0.3) is 0 Å². The van der Waals surface area contributed by atoms with Crippen LogP contribution in [0.3, 0.4) is 0 Å². The molecule has 2 heterocycles. The van der Waals surface area contributed by atoms with Crippen molar-refractivity contribution in [2.45, 2.75) is 89.6 Å². The first-order valence-corrected chi connectivity index (χ1v) is 14.0. The first-order chi connectivity index (χ1) is 19.1. The van der Waals surface area contributed by atoms with Gasteiger partial charge in [0.1, 0.15) is 18.2 Å². The van der Waals surface area contributed by atoms with Gasteiger partial charge in [0.15, 0.2) is 6.04 Å². The Bertz CT molecular complexity index is 1180. The molecule has 2 aliphatic heterocycles. The topological polar surface area (TPSA) is 105 Å². The minimum Gasteiger partial charge on any atom is -0.460 e. The molecule has 0 aromatic heterocycles. The highest BCUT2D eigenvalue weighted by molar-refractivity contribution is 5.92. The number of rotatable bonds is 9. The molecule has 9 nitrogen and oxygen atoms in total. The lowest BCUT2D eigenvalue weighted by Crippen LogP contribution is -2.63. The van der Waals surface area contributed by atoms with E-state index in [0.717, 1.165) is 11.1 Å². The summed E-state index contributed by atoms with van der Waals surface area (Å²) in [6.45, 7) is 5.77. The van der Waals surface area contributed by atoms with Crippen molar-refractivity contribution >= 4 is 23.8 Å². The molecule has 40 heavy (non-hydrogen) atoms. The van der Waals surface area contributed by atoms with Crippen molar-refractivity contribution in [2.24, 2.45) is 0 Å². The van der Waals surface area contributed by atoms with Crippen LogP contribution in [0.15, 0.2) is 60.7 Å². The smallest absolute Gasteiger partial charge is 0.331 e. The fourth-order valence-electron chi connectivity index (χ4n) is 5.07. The largest absolute Gasteiger partial charge is 0.460 e. The van der Waals surface area contributed by atoms with Crippen LogP contribution in [-0.2, 0) is 41.7 Å². The van der Waals surface area contributed by atoms with Gasteiger partial charge in [-0.15, -0.1) is 0 Å². The summed E-state index contributed by atoms with van der Waals surface area (Å²) in [5.41, 5.74) is 1.18. The second-order valence-corrected chi connectivity index (χ2v) is 11.3. The summed E-state index contributed by atoms with van der Waals surface area (Å²) >= 11 is 0. The Hall–Kier alpha value is -3.72. The van der Waals surface area contributed by atoms with E-state index in [4.69, 9.17) is 9.47 Å². The monoisotopic (exact) mass is 549 g/mol. The lowest BCUT2D eigenvalue weighted by atomic mass is 10.0. The number of hydrogen-bond acceptors (Lipinski definition) is 7. The number of aryl methyl sites for hydroxylation is 1. The summed E-state index contributed by atoms with van der Waals surface area (Å²) in [7, 11) is 0. The Kier molecular flexibility index (Phi) is 9.58. The summed E-state index contributed by atoms with van der Waals surface area (Å²) < 4.78 is 11.3. The molecule has 2 fully saturated rings. The van der Waals surface area contributed by atoms with E-state index in [0.29, 0.717) is 32.2 Å². The maximum absolute atomic E-state index is 13.9. The summed E-state index contributed by atoms with van der Waals surface area (Å²) in [6, 6.07) is 16.6. The average molecular weight is 550 g/mol. The number of ether oxygens (including phenoxy) is 2. The number of hydrazine groups is 1. The zero-order valence-corrected chi connectivity index (χ0v) is 23.5. The fourth-order valence-corrected chi connectivity index (χ4v) is 5.07. The minimum absolute atomic E-state index is 0.112. The van der Waals surface area contributed by atoms with Gasteiger partial charge >= 0.3 is 11.9 Å². The van der Waals surface area contributed by atoms with Crippen LogP contribution in [0, 0.1) is 0 Å². The first kappa shape index (κ1) is 29.3. The normalized spacial score (nSPS) is 20.4. The molecule has 0 bridgehead atoms. The third kappa shape index (κ3) is 7.69. The van der Waals surface area contributed by atoms with Gasteiger partial charge in [-0.1, -0.05) is 60.7 Å². The summed E-state index contributed by atoms with van der Waals surface area (Å²) in [4.78, 5) is 53.4. The number of nitrogens with zero attached hydrogens (tertiary/aromatic N) is 2. The van der Waals surface area contributed by atoms with Crippen LogP contribution in [0.4, 0.5) is 0 Å². The van der Waals surface area contributed by atoms with Crippen LogP contribution < -0.4 is 5.32 Å². The molecule has 0 spiro atoms. The molecule has 4 rings (SSSR count). The van der Waals surface area contributed by atoms with Crippen LogP contribution in [-0.4, -0.2) is 64.0 Å². The van der Waals surface area contributed by atoms with E-state index >= 15 is 0 Å². The average Bonchev–Trinajstić information content (AvgIpc) is 3.06. The molecular formula is C31H39N3O6. The van der Waals surface area contributed by atoms with E-state index in [1.807, 2.05) is 60.7 Å². The SMILES string of the molecule is CC(C)(C)OC(=O)[C@@H]1CCCN2C(=O)CC[C@H](N[C@@H](CCc3ccccc3)C(=O)OCc3ccccc3)C(=O)N12. The van der Waals surface area contributed by atoms with E-state index in [1.54, 1.807) is 20.8 Å². The van der Waals surface area contributed by atoms with Crippen LogP contribution in [0.1, 0.15) is 64.0 Å². The fraction of sp³-hybridized carbons (Fsp3) is 0.484. The second-order valence-electron chi connectivity index (χ2n) is 11.3. The molecule has 2 aromatic carbocycles. The molecule has 2 saturated heterocycles. The van der Waals surface area contributed by atoms with Crippen molar-refractivity contribution in [1.29, 1.82) is 0 Å². The van der Waals surface area contributed by atoms with E-state index < -0.39 is 41.6 Å². The van der Waals surface area contributed by atoms with Gasteiger partial charge in [0.25, 0.3) is 5.91 Å². The first-order valence-electron chi connectivity index (χ1n) is 14.0. The van der Waals surface area contributed by atoms with Crippen LogP contribution in [0.2, 0.25) is 0 Å². The summed E-state index contributed by atoms with van der Waals surface area (Å²) in [5.74, 6) is -1.65. The van der Waals surface area contributed by atoms with Gasteiger partial charge in [0, 0.05) is 13.0 Å². The maximum atomic E-state index is 13.9. The molecule has 0 radical (unpaired) electrons. The Balaban J connectivity index is 1.53. The van der Waals surface area contributed by atoms with Crippen molar-refractivity contribution in [3.63, 3.8) is 0 Å². The number of amides is 2. The Morgan fingerprint density at radius 1 is 0.975 bits per heavy atom. The third-order valence-electron chi connectivity index (χ3n) is 7.02. The number of esters is 2. The predicted molar refractivity (Wildman–Crippen MR) is 148 cm³/mol. The zero-order valence-electron chi connectivity index (χ0n) is 23.5. The molecule has 1 N–H and O–H groups in total. The molecule has 2 aromatic rings. The highest BCUT2D eigenvalue weighted by atomic mass is 16.6. The van der Waals surface area contributed by atoms with Crippen LogP contribution in [0.5, 0.6) is 0 Å². The van der Waals surface area contributed by atoms with Gasteiger partial charge in [-0.2, -0.15) is 0 Å². The number of benzene rings is 2. The molecule has 214 valence electrons. The van der Waals surface area contributed by atoms with Gasteiger partial charge < -0.3 is 9.47 Å². The molecule has 0 saturated carbocycles. The highest BCUT2D eigenvalue weighted by Crippen LogP contribution is 2.27. The van der Waals surface area contributed by atoms with Crippen molar-refractivity contribution in [3.05, 3.63) is 71.8 Å². The molecule has 9 heteroatoms. The number of fused-ring (bicyclic) bond motifs is 1. The van der Waals surface area contributed by atoms with E-state index in [1.165, 1.54) is 10.0 Å². The molecule has 0 aliphatic carbocycles. The van der Waals surface area contributed by atoms with Gasteiger partial charge in [-0.05, 0) is 64.0 Å². The summed E-state index contributed by atoms with van der Waals surface area (Å²) in [5, 5.41) is 5.87. The van der Waals surface area contributed by atoms with Gasteiger partial charge in [0.05, 0.1) is 6.04 Å². The van der Waals surface area contributed by atoms with Gasteiger partial charge in [0.2, 0.25) is 5.91 Å². The number of hydrogen-bond donors (Lipinski definition) is 1. The Labute approximate surface area is 235 Å². The Morgan fingerprint density at radius 2 is 1.62 bits per heavy atom. The van der Waals surface area contributed by atoms with Crippen LogP contribution >= 0.6 is 0 Å². The Morgan fingerprint density at radius 3 is 2.27 bits per heavy atom. The standard InChI is InChI=1S/C31H39N3O6/c1-31(2,3)40-30(38)26-15-10-20-33-27(35)19-18-24(28(36)34(26)33)32-25(17-16-22-11-6-4-7-12-22)29(37)39-21-23-13-8-5-9-14-23/h4-9,11-14,24-26,32H,10,15-21H2,1-3H3/t24-,25-,26-/m0/s1. The molecular weight excluding hydrogens is 510 g/mol. The van der Waals surface area contributed by atoms with Crippen molar-refractivity contribution in [2.75, 3.05) is 6.54 Å². The highest BCUT2D eigenvalue weighted by Gasteiger charge is 2.46. The van der Waals surface area contributed by atoms with E-state index in [9.17, 15) is 19.2 Å². The van der Waals surface area contributed by atoms with Gasteiger partial charge in [-0.25, -0.2) is 9.80 Å². The second kappa shape index (κ2) is 13.1. The number of carbonyl (C=O) groups is 4.